The molecule has 10 nitrogen and oxygen atoms in total. The Bertz CT molecular complexity index is 2370. The molecule has 1 spiro atoms. The van der Waals surface area contributed by atoms with Crippen LogP contribution in [0.1, 0.15) is 92.7 Å². The molecular formula is C48H55ClF3N3O7S. The Morgan fingerprint density at radius 3 is 2.48 bits per heavy atom. The summed E-state index contributed by atoms with van der Waals surface area (Å²) in [6.07, 6.45) is 1.61. The van der Waals surface area contributed by atoms with Gasteiger partial charge in [-0.1, -0.05) is 67.9 Å². The van der Waals surface area contributed by atoms with Gasteiger partial charge in [-0.2, -0.15) is 13.2 Å². The first-order valence-electron chi connectivity index (χ1n) is 21.7. The average Bonchev–Trinajstić information content (AvgIpc) is 3.55. The number of hydrogen-bond acceptors (Lipinski definition) is 8. The molecule has 1 fully saturated rings. The lowest BCUT2D eigenvalue weighted by molar-refractivity contribution is -0.174. The van der Waals surface area contributed by atoms with Crippen molar-refractivity contribution in [2.45, 2.75) is 101 Å². The minimum atomic E-state index is -5.30. The number of amides is 1. The summed E-state index contributed by atoms with van der Waals surface area (Å²) in [7, 11) is -2.45. The zero-order valence-corrected chi connectivity index (χ0v) is 37.5. The Hall–Kier alpha value is -4.66. The predicted molar refractivity (Wildman–Crippen MR) is 236 cm³/mol. The summed E-state index contributed by atoms with van der Waals surface area (Å²) < 4.78 is 89.5. The van der Waals surface area contributed by atoms with E-state index in [2.05, 4.69) is 23.6 Å². The predicted octanol–water partition coefficient (Wildman–Crippen LogP) is 9.31. The average molecular weight is 910 g/mol. The van der Waals surface area contributed by atoms with Gasteiger partial charge >= 0.3 is 18.1 Å². The number of hydrogen-bond donors (Lipinski definition) is 1. The van der Waals surface area contributed by atoms with Crippen LogP contribution in [-0.2, 0) is 49.0 Å². The van der Waals surface area contributed by atoms with Crippen LogP contribution >= 0.6 is 11.6 Å². The molecular weight excluding hydrogens is 855 g/mol. The van der Waals surface area contributed by atoms with Crippen molar-refractivity contribution in [1.82, 2.24) is 9.71 Å². The fraction of sp³-hybridized carbons (Fsp3) is 0.479. The van der Waals surface area contributed by atoms with Crippen molar-refractivity contribution in [1.29, 1.82) is 0 Å². The molecule has 4 aromatic rings. The van der Waals surface area contributed by atoms with Crippen LogP contribution in [0.2, 0.25) is 5.02 Å². The molecule has 7 rings (SSSR count). The lowest BCUT2D eigenvalue weighted by atomic mass is 9.59. The SMILES string of the molecule is COC(=O)C1(N(C(=O)C(F)(F)F)c2cccc(Cl)c2)CCC2(CC1)c1cc(OCCNS(=O)(=O)CCc3ccccc3)ccc1C[C@@H]2C[C@@H](C)COc1ccnc2c1[C@H](C)CCC2. The van der Waals surface area contributed by atoms with Crippen molar-refractivity contribution >= 4 is 39.2 Å². The van der Waals surface area contributed by atoms with Crippen molar-refractivity contribution in [3.05, 3.63) is 118 Å². The summed E-state index contributed by atoms with van der Waals surface area (Å²) in [5, 5.41) is 0.106. The van der Waals surface area contributed by atoms with Gasteiger partial charge in [0.2, 0.25) is 10.0 Å². The molecule has 63 heavy (non-hydrogen) atoms. The summed E-state index contributed by atoms with van der Waals surface area (Å²) >= 11 is 6.26. The molecule has 15 heteroatoms. The third kappa shape index (κ3) is 10.2. The van der Waals surface area contributed by atoms with E-state index in [1.807, 2.05) is 54.6 Å². The first-order valence-corrected chi connectivity index (χ1v) is 23.7. The largest absolute Gasteiger partial charge is 0.493 e. The van der Waals surface area contributed by atoms with Crippen LogP contribution in [0.4, 0.5) is 18.9 Å². The van der Waals surface area contributed by atoms with Gasteiger partial charge in [0, 0.05) is 34.7 Å². The second kappa shape index (κ2) is 19.2. The monoisotopic (exact) mass is 909 g/mol. The minimum absolute atomic E-state index is 0.00311. The molecule has 0 bridgehead atoms. The number of alkyl halides is 3. The number of methoxy groups -OCH3 is 1. The van der Waals surface area contributed by atoms with Gasteiger partial charge in [0.1, 0.15) is 23.6 Å². The van der Waals surface area contributed by atoms with Crippen molar-refractivity contribution < 1.29 is 45.4 Å². The van der Waals surface area contributed by atoms with Crippen LogP contribution < -0.4 is 19.1 Å². The Kier molecular flexibility index (Phi) is 14.1. The van der Waals surface area contributed by atoms with E-state index in [-0.39, 0.29) is 67.1 Å². The standard InChI is InChI=1S/C48H55ClF3N3O7S/c1-32(31-62-42-17-23-53-41-14-7-9-33(2)43(41)42)27-36-28-35-15-16-39(61-25-24-54-63(58,59)26-18-34-10-5-4-6-11-34)30-40(35)46(36)19-21-47(22-20-46,45(57)60-3)55(44(56)48(50,51)52)38-13-8-12-37(49)29-38/h4-6,8,10-13,15-17,23,29-30,32-33,36,54H,7,9,14,18-22,24-28,31H2,1-3H3/t32-,33-,36+,46?,47?/m1/s1. The van der Waals surface area contributed by atoms with Crippen LogP contribution in [0.3, 0.4) is 0 Å². The highest BCUT2D eigenvalue weighted by Crippen LogP contribution is 2.58. The molecule has 3 atom stereocenters. The van der Waals surface area contributed by atoms with Gasteiger partial charge in [-0.3, -0.25) is 14.7 Å². The highest BCUT2D eigenvalue weighted by molar-refractivity contribution is 7.89. The minimum Gasteiger partial charge on any atom is -0.493 e. The smallest absolute Gasteiger partial charge is 0.471 e. The summed E-state index contributed by atoms with van der Waals surface area (Å²) in [5.41, 5.74) is 2.43. The van der Waals surface area contributed by atoms with Gasteiger partial charge in [-0.05, 0) is 140 Å². The molecule has 1 heterocycles. The van der Waals surface area contributed by atoms with E-state index in [0.29, 0.717) is 42.4 Å². The fourth-order valence-corrected chi connectivity index (χ4v) is 11.5. The van der Waals surface area contributed by atoms with Crippen LogP contribution in [0, 0.1) is 11.8 Å². The summed E-state index contributed by atoms with van der Waals surface area (Å²) in [5.74, 6) is -1.42. The normalized spacial score (nSPS) is 22.5. The Morgan fingerprint density at radius 2 is 1.76 bits per heavy atom. The number of esters is 1. The van der Waals surface area contributed by atoms with Crippen LogP contribution in [0.15, 0.2) is 85.1 Å². The number of pyridine rings is 1. The molecule has 0 unspecified atom stereocenters. The molecule has 1 amide bonds. The Balaban J connectivity index is 1.15. The molecule has 3 aliphatic carbocycles. The molecule has 1 aromatic heterocycles. The Morgan fingerprint density at radius 1 is 1.00 bits per heavy atom. The Labute approximate surface area is 372 Å². The van der Waals surface area contributed by atoms with Gasteiger partial charge in [0.05, 0.1) is 19.5 Å². The van der Waals surface area contributed by atoms with E-state index in [9.17, 15) is 31.2 Å². The van der Waals surface area contributed by atoms with E-state index >= 15 is 0 Å². The highest BCUT2D eigenvalue weighted by Gasteiger charge is 2.60. The van der Waals surface area contributed by atoms with Gasteiger partial charge in [0.15, 0.2) is 0 Å². The number of halogens is 4. The van der Waals surface area contributed by atoms with E-state index in [1.165, 1.54) is 24.3 Å². The number of fused-ring (bicyclic) bond motifs is 3. The van der Waals surface area contributed by atoms with Crippen molar-refractivity contribution in [3.63, 3.8) is 0 Å². The van der Waals surface area contributed by atoms with Crippen molar-refractivity contribution in [2.75, 3.05) is 37.5 Å². The lowest BCUT2D eigenvalue weighted by Crippen LogP contribution is -2.63. The molecule has 1 N–H and O–H groups in total. The lowest BCUT2D eigenvalue weighted by Gasteiger charge is -2.51. The number of ether oxygens (including phenoxy) is 3. The quantitative estimate of drug-likeness (QED) is 0.0872. The van der Waals surface area contributed by atoms with E-state index in [4.69, 9.17) is 25.8 Å². The molecule has 0 radical (unpaired) electrons. The zero-order valence-electron chi connectivity index (χ0n) is 35.9. The molecule has 1 saturated carbocycles. The van der Waals surface area contributed by atoms with E-state index < -0.39 is 39.0 Å². The summed E-state index contributed by atoms with van der Waals surface area (Å²) in [4.78, 5) is 32.6. The number of carbonyl (C=O) groups excluding carboxylic acids is 2. The second-order valence-electron chi connectivity index (χ2n) is 17.4. The first-order chi connectivity index (χ1) is 30.0. The number of nitrogens with zero attached hydrogens (tertiary/aromatic N) is 2. The van der Waals surface area contributed by atoms with E-state index in [0.717, 1.165) is 60.1 Å². The third-order valence-corrected chi connectivity index (χ3v) is 14.9. The number of aryl methyl sites for hydroxylation is 2. The van der Waals surface area contributed by atoms with Crippen molar-refractivity contribution in [2.24, 2.45) is 11.8 Å². The van der Waals surface area contributed by atoms with Gasteiger partial charge in [0.25, 0.3) is 0 Å². The maximum Gasteiger partial charge on any atom is 0.471 e. The van der Waals surface area contributed by atoms with Crippen molar-refractivity contribution in [3.8, 4) is 11.5 Å². The number of sulfonamides is 1. The fourth-order valence-electron chi connectivity index (χ4n) is 10.3. The number of anilines is 1. The number of rotatable bonds is 16. The number of carbonyl (C=O) groups is 2. The zero-order chi connectivity index (χ0) is 45.0. The van der Waals surface area contributed by atoms with Gasteiger partial charge < -0.3 is 14.2 Å². The third-order valence-electron chi connectivity index (χ3n) is 13.3. The number of benzene rings is 3. The van der Waals surface area contributed by atoms with Crippen LogP contribution in [-0.4, -0.2) is 69.6 Å². The summed E-state index contributed by atoms with van der Waals surface area (Å²) in [6, 6.07) is 22.6. The molecule has 3 aromatic carbocycles. The molecule has 338 valence electrons. The van der Waals surface area contributed by atoms with Gasteiger partial charge in [-0.25, -0.2) is 17.9 Å². The second-order valence-corrected chi connectivity index (χ2v) is 19.8. The molecule has 0 aliphatic heterocycles. The van der Waals surface area contributed by atoms with Crippen LogP contribution in [0.25, 0.3) is 0 Å². The highest BCUT2D eigenvalue weighted by atomic mass is 35.5. The number of aromatic nitrogens is 1. The topological polar surface area (TPSA) is 124 Å². The molecule has 3 aliphatic rings. The van der Waals surface area contributed by atoms with Gasteiger partial charge in [-0.15, -0.1) is 0 Å². The van der Waals surface area contributed by atoms with Crippen LogP contribution in [0.5, 0.6) is 11.5 Å². The van der Waals surface area contributed by atoms with E-state index in [1.54, 1.807) is 6.20 Å². The number of nitrogens with one attached hydrogen (secondary N) is 1. The maximum absolute atomic E-state index is 14.5. The molecule has 0 saturated heterocycles. The summed E-state index contributed by atoms with van der Waals surface area (Å²) in [6.45, 7) is 4.88. The maximum atomic E-state index is 14.5. The first kappa shape index (κ1) is 46.3.